The van der Waals surface area contributed by atoms with E-state index in [-0.39, 0.29) is 0 Å². The number of imidazole rings is 1. The van der Waals surface area contributed by atoms with Crippen molar-refractivity contribution in [3.05, 3.63) is 59.9 Å². The molecule has 6 heteroatoms. The molecule has 2 heterocycles. The number of H-pyrrole nitrogens is 1. The predicted molar refractivity (Wildman–Crippen MR) is 94.1 cm³/mol. The van der Waals surface area contributed by atoms with Crippen LogP contribution in [0.4, 0.5) is 17.5 Å². The minimum atomic E-state index is 0.393. The summed E-state index contributed by atoms with van der Waals surface area (Å²) in [7, 11) is 0. The van der Waals surface area contributed by atoms with Crippen molar-refractivity contribution in [3.8, 4) is 11.1 Å². The Bertz CT molecular complexity index is 1080. The average molecular weight is 314 g/mol. The first-order valence-corrected chi connectivity index (χ1v) is 7.72. The van der Waals surface area contributed by atoms with Crippen molar-refractivity contribution < 1.29 is 0 Å². The second-order valence-corrected chi connectivity index (χ2v) is 5.87. The maximum Gasteiger partial charge on any atom is 0.207 e. The van der Waals surface area contributed by atoms with E-state index in [0.29, 0.717) is 22.9 Å². The lowest BCUT2D eigenvalue weighted by atomic mass is 10.1. The van der Waals surface area contributed by atoms with E-state index in [4.69, 9.17) is 5.73 Å². The molecule has 5 rings (SSSR count). The van der Waals surface area contributed by atoms with Crippen molar-refractivity contribution in [1.82, 2.24) is 19.9 Å². The number of nitrogens with one attached hydrogen (secondary N) is 2. The van der Waals surface area contributed by atoms with Crippen LogP contribution in [0.2, 0.25) is 0 Å². The third kappa shape index (κ3) is 1.93. The monoisotopic (exact) mass is 314 g/mol. The number of nitrogens with zero attached hydrogens (tertiary/aromatic N) is 3. The van der Waals surface area contributed by atoms with Gasteiger partial charge in [-0.2, -0.15) is 4.98 Å². The number of nitrogens with two attached hydrogens (primary N) is 1. The summed E-state index contributed by atoms with van der Waals surface area (Å²) in [5.41, 5.74) is 13.3. The molecule has 0 saturated carbocycles. The second kappa shape index (κ2) is 4.79. The fraction of sp³-hybridized carbons (Fsp3) is 0.0556. The van der Waals surface area contributed by atoms with Gasteiger partial charge in [-0.05, 0) is 40.8 Å². The highest BCUT2D eigenvalue weighted by molar-refractivity contribution is 5.84. The van der Waals surface area contributed by atoms with Crippen LogP contribution in [0, 0.1) is 0 Å². The number of hydrogen-bond acceptors (Lipinski definition) is 5. The van der Waals surface area contributed by atoms with Crippen molar-refractivity contribution in [3.63, 3.8) is 0 Å². The Balaban J connectivity index is 1.50. The van der Waals surface area contributed by atoms with Crippen LogP contribution in [0.5, 0.6) is 0 Å². The number of aromatic amines is 1. The van der Waals surface area contributed by atoms with E-state index >= 15 is 0 Å². The molecule has 116 valence electrons. The van der Waals surface area contributed by atoms with Gasteiger partial charge in [-0.3, -0.25) is 0 Å². The van der Waals surface area contributed by atoms with Crippen LogP contribution in [0.15, 0.2) is 48.8 Å². The predicted octanol–water partition coefficient (Wildman–Crippen LogP) is 3.25. The van der Waals surface area contributed by atoms with Gasteiger partial charge in [0.15, 0.2) is 11.5 Å². The first-order valence-electron chi connectivity index (χ1n) is 7.72. The Kier molecular flexibility index (Phi) is 2.61. The fourth-order valence-corrected chi connectivity index (χ4v) is 3.27. The summed E-state index contributed by atoms with van der Waals surface area (Å²) in [4.78, 5) is 15.6. The highest BCUT2D eigenvalue weighted by Crippen LogP contribution is 2.37. The molecule has 2 aromatic heterocycles. The topological polar surface area (TPSA) is 92.5 Å². The van der Waals surface area contributed by atoms with Crippen LogP contribution in [0.1, 0.15) is 11.1 Å². The smallest absolute Gasteiger partial charge is 0.207 e. The van der Waals surface area contributed by atoms with E-state index in [9.17, 15) is 0 Å². The molecule has 0 spiro atoms. The molecule has 1 aliphatic rings. The first-order chi connectivity index (χ1) is 11.8. The highest BCUT2D eigenvalue weighted by Gasteiger charge is 2.18. The molecule has 0 radical (unpaired) electrons. The molecule has 2 aromatic carbocycles. The lowest BCUT2D eigenvalue weighted by Crippen LogP contribution is -1.94. The molecule has 0 bridgehead atoms. The van der Waals surface area contributed by atoms with Gasteiger partial charge in [0.2, 0.25) is 5.95 Å². The number of hydrogen-bond donors (Lipinski definition) is 3. The molecular formula is C18H14N6. The normalized spacial score (nSPS) is 12.2. The standard InChI is InChI=1S/C18H14N6/c19-16-15-17(21-9-20-16)24-18(23-15)22-12-5-6-14-11(8-12)7-10-3-1-2-4-13(10)14/h1-6,8-9H,7H2,(H4,19,20,21,22,23,24). The van der Waals surface area contributed by atoms with Gasteiger partial charge in [-0.15, -0.1) is 0 Å². The summed E-state index contributed by atoms with van der Waals surface area (Å²) in [6.45, 7) is 0. The van der Waals surface area contributed by atoms with Crippen molar-refractivity contribution >= 4 is 28.6 Å². The quantitative estimate of drug-likeness (QED) is 0.465. The summed E-state index contributed by atoms with van der Waals surface area (Å²) in [5.74, 6) is 0.998. The van der Waals surface area contributed by atoms with Crippen LogP contribution in [-0.4, -0.2) is 19.9 Å². The van der Waals surface area contributed by atoms with Gasteiger partial charge >= 0.3 is 0 Å². The van der Waals surface area contributed by atoms with Gasteiger partial charge < -0.3 is 16.0 Å². The number of aromatic nitrogens is 4. The zero-order valence-electron chi connectivity index (χ0n) is 12.7. The van der Waals surface area contributed by atoms with Crippen LogP contribution in [0.25, 0.3) is 22.3 Å². The highest BCUT2D eigenvalue weighted by atomic mass is 15.2. The summed E-state index contributed by atoms with van der Waals surface area (Å²) in [6.07, 6.45) is 2.37. The largest absolute Gasteiger partial charge is 0.382 e. The molecular weight excluding hydrogens is 300 g/mol. The van der Waals surface area contributed by atoms with Crippen LogP contribution < -0.4 is 11.1 Å². The van der Waals surface area contributed by atoms with Crippen LogP contribution in [0.3, 0.4) is 0 Å². The van der Waals surface area contributed by atoms with Crippen LogP contribution in [-0.2, 0) is 6.42 Å². The zero-order valence-corrected chi connectivity index (χ0v) is 12.7. The molecule has 24 heavy (non-hydrogen) atoms. The van der Waals surface area contributed by atoms with Gasteiger partial charge in [-0.1, -0.05) is 30.3 Å². The SMILES string of the molecule is Nc1ncnc2nc(Nc3ccc4c(c3)Cc3ccccc3-4)[nH]c12. The van der Waals surface area contributed by atoms with Gasteiger partial charge in [0, 0.05) is 5.69 Å². The van der Waals surface area contributed by atoms with Crippen LogP contribution >= 0.6 is 0 Å². The Hall–Kier alpha value is -3.41. The van der Waals surface area contributed by atoms with E-state index in [0.717, 1.165) is 12.1 Å². The fourth-order valence-electron chi connectivity index (χ4n) is 3.27. The minimum absolute atomic E-state index is 0.393. The zero-order chi connectivity index (χ0) is 16.1. The molecule has 6 nitrogen and oxygen atoms in total. The molecule has 0 unspecified atom stereocenters. The van der Waals surface area contributed by atoms with Gasteiger partial charge in [0.1, 0.15) is 11.8 Å². The summed E-state index contributed by atoms with van der Waals surface area (Å²) < 4.78 is 0. The van der Waals surface area contributed by atoms with Crippen molar-refractivity contribution in [2.24, 2.45) is 0 Å². The van der Waals surface area contributed by atoms with E-state index in [1.165, 1.54) is 28.6 Å². The van der Waals surface area contributed by atoms with E-state index < -0.39 is 0 Å². The van der Waals surface area contributed by atoms with E-state index in [1.54, 1.807) is 0 Å². The molecule has 0 saturated heterocycles. The third-order valence-electron chi connectivity index (χ3n) is 4.37. The molecule has 0 aliphatic heterocycles. The maximum absolute atomic E-state index is 5.84. The maximum atomic E-state index is 5.84. The number of rotatable bonds is 2. The van der Waals surface area contributed by atoms with E-state index in [1.807, 2.05) is 0 Å². The van der Waals surface area contributed by atoms with Gasteiger partial charge in [0.25, 0.3) is 0 Å². The van der Waals surface area contributed by atoms with Crippen molar-refractivity contribution in [2.75, 3.05) is 11.1 Å². The number of anilines is 3. The minimum Gasteiger partial charge on any atom is -0.382 e. The second-order valence-electron chi connectivity index (χ2n) is 5.87. The Labute approximate surface area is 137 Å². The summed E-state index contributed by atoms with van der Waals surface area (Å²) in [6, 6.07) is 14.9. The van der Waals surface area contributed by atoms with Gasteiger partial charge in [-0.25, -0.2) is 9.97 Å². The van der Waals surface area contributed by atoms with Crippen molar-refractivity contribution in [2.45, 2.75) is 6.42 Å². The Morgan fingerprint density at radius 2 is 1.88 bits per heavy atom. The molecule has 1 aliphatic carbocycles. The summed E-state index contributed by atoms with van der Waals surface area (Å²) >= 11 is 0. The molecule has 0 atom stereocenters. The lowest BCUT2D eigenvalue weighted by molar-refractivity contribution is 1.21. The Morgan fingerprint density at radius 1 is 1.00 bits per heavy atom. The Morgan fingerprint density at radius 3 is 2.79 bits per heavy atom. The molecule has 4 aromatic rings. The van der Waals surface area contributed by atoms with Crippen molar-refractivity contribution in [1.29, 1.82) is 0 Å². The number of nitrogen functional groups attached to an aromatic ring is 1. The van der Waals surface area contributed by atoms with E-state index in [2.05, 4.69) is 67.7 Å². The third-order valence-corrected chi connectivity index (χ3v) is 4.37. The first kappa shape index (κ1) is 13.1. The molecule has 0 fully saturated rings. The molecule has 0 amide bonds. The number of benzene rings is 2. The summed E-state index contributed by atoms with van der Waals surface area (Å²) in [5, 5.41) is 3.29. The number of fused-ring (bicyclic) bond motifs is 4. The lowest BCUT2D eigenvalue weighted by Gasteiger charge is -2.06. The molecule has 4 N–H and O–H groups in total. The average Bonchev–Trinajstić information content (AvgIpc) is 3.16. The van der Waals surface area contributed by atoms with Gasteiger partial charge in [0.05, 0.1) is 0 Å².